The first-order chi connectivity index (χ1) is 16.1. The van der Waals surface area contributed by atoms with Crippen LogP contribution in [0.25, 0.3) is 10.9 Å². The first-order valence-electron chi connectivity index (χ1n) is 10.4. The van der Waals surface area contributed by atoms with Gasteiger partial charge in [-0.3, -0.25) is 4.79 Å². The molecule has 0 radical (unpaired) electrons. The number of carbonyl (C=O) groups is 1. The van der Waals surface area contributed by atoms with Crippen LogP contribution in [0.1, 0.15) is 16.7 Å². The molecule has 4 aromatic rings. The molecule has 1 atom stereocenters. The summed E-state index contributed by atoms with van der Waals surface area (Å²) in [6.45, 7) is 3.69. The fraction of sp³-hybridized carbons (Fsp3) is 0.160. The number of aromatic nitrogens is 1. The predicted octanol–water partition coefficient (Wildman–Crippen LogP) is 4.50. The second kappa shape index (κ2) is 8.92. The Morgan fingerprint density at radius 1 is 1.09 bits per heavy atom. The van der Waals surface area contributed by atoms with E-state index >= 15 is 0 Å². The molecule has 0 saturated carbocycles. The third-order valence-electron chi connectivity index (χ3n) is 5.54. The Morgan fingerprint density at radius 3 is 2.35 bits per heavy atom. The number of benzene rings is 3. The van der Waals surface area contributed by atoms with E-state index in [9.17, 15) is 17.6 Å². The molecule has 9 heteroatoms. The second-order valence-electron chi connectivity index (χ2n) is 8.13. The van der Waals surface area contributed by atoms with Gasteiger partial charge >= 0.3 is 5.97 Å². The third-order valence-corrected chi connectivity index (χ3v) is 7.35. The van der Waals surface area contributed by atoms with Crippen LogP contribution in [0.5, 0.6) is 11.5 Å². The van der Waals surface area contributed by atoms with Crippen LogP contribution in [0.15, 0.2) is 70.6 Å². The molecule has 1 heterocycles. The Kier molecular flexibility index (Phi) is 6.16. The van der Waals surface area contributed by atoms with Crippen LogP contribution >= 0.6 is 0 Å². The maximum absolute atomic E-state index is 13.3. The lowest BCUT2D eigenvalue weighted by molar-refractivity contribution is -0.138. The molecule has 0 aliphatic rings. The first-order valence-corrected chi connectivity index (χ1v) is 11.9. The normalized spacial score (nSPS) is 12.6. The lowest BCUT2D eigenvalue weighted by Crippen LogP contribution is -2.32. The predicted molar refractivity (Wildman–Crippen MR) is 125 cm³/mol. The van der Waals surface area contributed by atoms with E-state index in [0.717, 1.165) is 28.8 Å². The number of nitrogens with one attached hydrogen (secondary N) is 1. The van der Waals surface area contributed by atoms with Gasteiger partial charge in [0.15, 0.2) is 0 Å². The maximum Gasteiger partial charge on any atom is 0.320 e. The zero-order valence-corrected chi connectivity index (χ0v) is 19.3. The van der Waals surface area contributed by atoms with E-state index in [1.165, 1.54) is 18.3 Å². The highest BCUT2D eigenvalue weighted by atomic mass is 32.2. The van der Waals surface area contributed by atoms with E-state index in [-0.39, 0.29) is 16.2 Å². The van der Waals surface area contributed by atoms with Crippen molar-refractivity contribution in [3.8, 4) is 11.5 Å². The van der Waals surface area contributed by atoms with E-state index in [4.69, 9.17) is 15.6 Å². The van der Waals surface area contributed by atoms with Crippen molar-refractivity contribution in [3.05, 3.63) is 83.3 Å². The average molecular weight is 483 g/mol. The molecule has 34 heavy (non-hydrogen) atoms. The minimum absolute atomic E-state index is 0.0111. The van der Waals surface area contributed by atoms with E-state index < -0.39 is 27.7 Å². The number of aryl methyl sites for hydroxylation is 2. The summed E-state index contributed by atoms with van der Waals surface area (Å²) in [7, 11) is -3.88. The highest BCUT2D eigenvalue weighted by Crippen LogP contribution is 2.35. The van der Waals surface area contributed by atoms with Crippen molar-refractivity contribution in [2.24, 2.45) is 5.73 Å². The van der Waals surface area contributed by atoms with E-state index in [1.807, 2.05) is 26.0 Å². The number of rotatable bonds is 7. The van der Waals surface area contributed by atoms with Crippen LogP contribution in [0.2, 0.25) is 0 Å². The topological polar surface area (TPSA) is 122 Å². The Labute approximate surface area is 195 Å². The number of nitrogens with two attached hydrogens (primary N) is 1. The zero-order chi connectivity index (χ0) is 24.6. The Bertz CT molecular complexity index is 1470. The smallest absolute Gasteiger partial charge is 0.320 e. The summed E-state index contributed by atoms with van der Waals surface area (Å²) in [6, 6.07) is 12.4. The second-order valence-corrected chi connectivity index (χ2v) is 10.0. The van der Waals surface area contributed by atoms with Crippen LogP contribution in [-0.2, 0) is 21.1 Å². The van der Waals surface area contributed by atoms with Gasteiger partial charge in [-0.25, -0.2) is 12.8 Å². The van der Waals surface area contributed by atoms with Crippen molar-refractivity contribution in [1.29, 1.82) is 0 Å². The lowest BCUT2D eigenvalue weighted by Gasteiger charge is -2.15. The van der Waals surface area contributed by atoms with Crippen molar-refractivity contribution in [2.45, 2.75) is 36.1 Å². The molecule has 0 amide bonds. The quantitative estimate of drug-likeness (QED) is 0.333. The molecule has 0 bridgehead atoms. The number of aliphatic carboxylic acids is 1. The van der Waals surface area contributed by atoms with Crippen LogP contribution in [0.4, 0.5) is 4.39 Å². The van der Waals surface area contributed by atoms with Crippen molar-refractivity contribution in [3.63, 3.8) is 0 Å². The first kappa shape index (κ1) is 23.5. The van der Waals surface area contributed by atoms with E-state index in [0.29, 0.717) is 22.4 Å². The number of sulfone groups is 1. The Hall–Kier alpha value is -3.69. The van der Waals surface area contributed by atoms with Crippen molar-refractivity contribution in [1.82, 2.24) is 4.98 Å². The van der Waals surface area contributed by atoms with Gasteiger partial charge in [-0.1, -0.05) is 12.1 Å². The molecule has 0 aliphatic carbocycles. The van der Waals surface area contributed by atoms with Crippen LogP contribution in [0, 0.1) is 19.7 Å². The molecule has 4 rings (SSSR count). The van der Waals surface area contributed by atoms with Crippen LogP contribution < -0.4 is 10.5 Å². The molecule has 0 aliphatic heterocycles. The molecule has 3 aromatic carbocycles. The summed E-state index contributed by atoms with van der Waals surface area (Å²) < 4.78 is 45.6. The van der Waals surface area contributed by atoms with E-state index in [1.54, 1.807) is 18.2 Å². The van der Waals surface area contributed by atoms with Crippen molar-refractivity contribution < 1.29 is 27.4 Å². The van der Waals surface area contributed by atoms with Gasteiger partial charge in [-0.05, 0) is 79.4 Å². The molecular weight excluding hydrogens is 459 g/mol. The monoisotopic (exact) mass is 482 g/mol. The fourth-order valence-electron chi connectivity index (χ4n) is 3.88. The molecule has 176 valence electrons. The minimum Gasteiger partial charge on any atom is -0.480 e. The van der Waals surface area contributed by atoms with Crippen molar-refractivity contribution >= 4 is 26.7 Å². The number of fused-ring (bicyclic) bond motifs is 1. The molecule has 7 nitrogen and oxygen atoms in total. The molecule has 1 aromatic heterocycles. The number of carboxylic acids is 1. The Balaban J connectivity index is 1.68. The van der Waals surface area contributed by atoms with Crippen LogP contribution in [-0.4, -0.2) is 30.5 Å². The van der Waals surface area contributed by atoms with Gasteiger partial charge in [0.05, 0.1) is 9.79 Å². The summed E-state index contributed by atoms with van der Waals surface area (Å²) >= 11 is 0. The SMILES string of the molecule is Cc1cc(C[C@@H](N)C(=O)O)cc(C)c1Oc1ccc2[nH]cc(S(=O)(=O)c3ccc(F)cc3)c2c1. The van der Waals surface area contributed by atoms with Crippen molar-refractivity contribution in [2.75, 3.05) is 0 Å². The van der Waals surface area contributed by atoms with Gasteiger partial charge < -0.3 is 20.6 Å². The summed E-state index contributed by atoms with van der Waals surface area (Å²) in [5, 5.41) is 9.50. The third kappa shape index (κ3) is 4.52. The number of carboxylic acid groups (broad SMARTS) is 1. The molecule has 0 unspecified atom stereocenters. The van der Waals surface area contributed by atoms with Gasteiger partial charge in [0.2, 0.25) is 9.84 Å². The number of hydrogen-bond acceptors (Lipinski definition) is 5. The fourth-order valence-corrected chi connectivity index (χ4v) is 5.30. The summed E-state index contributed by atoms with van der Waals surface area (Å²) in [5.74, 6) is -0.564. The summed E-state index contributed by atoms with van der Waals surface area (Å²) in [6.07, 6.45) is 1.60. The molecule has 0 spiro atoms. The largest absolute Gasteiger partial charge is 0.480 e. The molecule has 0 saturated heterocycles. The van der Waals surface area contributed by atoms with Gasteiger partial charge in [-0.2, -0.15) is 0 Å². The number of halogens is 1. The lowest BCUT2D eigenvalue weighted by atomic mass is 10.0. The number of ether oxygens (including phenoxy) is 1. The number of H-pyrrole nitrogens is 1. The van der Waals surface area contributed by atoms with Gasteiger partial charge in [-0.15, -0.1) is 0 Å². The van der Waals surface area contributed by atoms with Gasteiger partial charge in [0, 0.05) is 17.1 Å². The highest BCUT2D eigenvalue weighted by Gasteiger charge is 2.22. The summed E-state index contributed by atoms with van der Waals surface area (Å²) in [4.78, 5) is 14.1. The highest BCUT2D eigenvalue weighted by molar-refractivity contribution is 7.91. The van der Waals surface area contributed by atoms with Gasteiger partial charge in [0.25, 0.3) is 0 Å². The van der Waals surface area contributed by atoms with Gasteiger partial charge in [0.1, 0.15) is 23.4 Å². The molecular formula is C25H23FN2O5S. The summed E-state index contributed by atoms with van der Waals surface area (Å²) in [5.41, 5.74) is 8.63. The number of hydrogen-bond donors (Lipinski definition) is 3. The maximum atomic E-state index is 13.3. The van der Waals surface area contributed by atoms with Crippen LogP contribution in [0.3, 0.4) is 0 Å². The van der Waals surface area contributed by atoms with E-state index in [2.05, 4.69) is 4.98 Å². The zero-order valence-electron chi connectivity index (χ0n) is 18.5. The Morgan fingerprint density at radius 2 is 1.74 bits per heavy atom. The molecule has 0 fully saturated rings. The average Bonchev–Trinajstić information content (AvgIpc) is 3.20. The molecule has 4 N–H and O–H groups in total. The minimum atomic E-state index is -3.88. The standard InChI is InChI=1S/C25H23FN2O5S/c1-14-9-16(11-21(27)25(29)30)10-15(2)24(14)33-18-5-8-22-20(12-18)23(13-28-22)34(31,32)19-6-3-17(26)4-7-19/h3-10,12-13,21,28H,11,27H2,1-2H3,(H,29,30)/t21-/m1/s1. The number of aromatic amines is 1.